The highest BCUT2D eigenvalue weighted by molar-refractivity contribution is 5.98. The van der Waals surface area contributed by atoms with Crippen molar-refractivity contribution < 1.29 is 19.8 Å². The lowest BCUT2D eigenvalue weighted by Crippen LogP contribution is -2.53. The second-order valence-electron chi connectivity index (χ2n) is 9.27. The first-order valence-electron chi connectivity index (χ1n) is 11.7. The maximum atomic E-state index is 13.1. The highest BCUT2D eigenvalue weighted by atomic mass is 16.4. The third kappa shape index (κ3) is 5.27. The summed E-state index contributed by atoms with van der Waals surface area (Å²) in [5, 5.41) is 26.2. The number of rotatable bonds is 7. The summed E-state index contributed by atoms with van der Waals surface area (Å²) in [6.07, 6.45) is 1.97. The number of hydrogen-bond acceptors (Lipinski definition) is 5. The van der Waals surface area contributed by atoms with Gasteiger partial charge in [-0.15, -0.1) is 0 Å². The van der Waals surface area contributed by atoms with Gasteiger partial charge in [0.05, 0.1) is 5.60 Å². The largest absolute Gasteiger partial charge is 0.387 e. The molecule has 2 aromatic carbocycles. The Labute approximate surface area is 194 Å². The van der Waals surface area contributed by atoms with E-state index in [1.54, 1.807) is 24.3 Å². The molecule has 1 saturated heterocycles. The smallest absolute Gasteiger partial charge is 0.256 e. The van der Waals surface area contributed by atoms with Gasteiger partial charge in [-0.05, 0) is 74.4 Å². The molecular weight excluding hydrogens is 418 g/mol. The topological polar surface area (TPSA) is 102 Å². The van der Waals surface area contributed by atoms with E-state index in [0.29, 0.717) is 43.1 Å². The molecule has 1 atom stereocenters. The molecule has 1 aliphatic heterocycles. The van der Waals surface area contributed by atoms with Gasteiger partial charge in [0.15, 0.2) is 6.10 Å². The fourth-order valence-corrected chi connectivity index (χ4v) is 4.76. The third-order valence-electron chi connectivity index (χ3n) is 6.94. The van der Waals surface area contributed by atoms with Crippen LogP contribution in [0.1, 0.15) is 59.5 Å². The van der Waals surface area contributed by atoms with Crippen LogP contribution < -0.4 is 10.6 Å². The summed E-state index contributed by atoms with van der Waals surface area (Å²) in [7, 11) is 1.94. The van der Waals surface area contributed by atoms with Gasteiger partial charge < -0.3 is 25.7 Å². The summed E-state index contributed by atoms with van der Waals surface area (Å²) in [4.78, 5) is 27.3. The second-order valence-corrected chi connectivity index (χ2v) is 9.27. The first kappa shape index (κ1) is 23.4. The molecule has 1 saturated carbocycles. The van der Waals surface area contributed by atoms with Gasteiger partial charge in [0.25, 0.3) is 11.8 Å². The molecule has 0 spiro atoms. The number of carbonyl (C=O) groups is 2. The van der Waals surface area contributed by atoms with Gasteiger partial charge in [-0.25, -0.2) is 0 Å². The van der Waals surface area contributed by atoms with Crippen LogP contribution in [0.3, 0.4) is 0 Å². The highest BCUT2D eigenvalue weighted by Gasteiger charge is 2.45. The number of nitrogens with one attached hydrogen (secondary N) is 2. The number of benzene rings is 2. The first-order valence-corrected chi connectivity index (χ1v) is 11.7. The zero-order valence-corrected chi connectivity index (χ0v) is 19.1. The molecule has 4 rings (SSSR count). The lowest BCUT2D eigenvalue weighted by molar-refractivity contribution is -0.154. The molecule has 0 aromatic heterocycles. The van der Waals surface area contributed by atoms with E-state index in [0.717, 1.165) is 25.8 Å². The normalized spacial score (nSPS) is 18.9. The maximum absolute atomic E-state index is 13.1. The first-order chi connectivity index (χ1) is 15.9. The van der Waals surface area contributed by atoms with Crippen molar-refractivity contribution in [2.75, 3.05) is 25.5 Å². The molecule has 1 unspecified atom stereocenters. The van der Waals surface area contributed by atoms with Crippen LogP contribution in [0.2, 0.25) is 0 Å². The number of likely N-dealkylation sites (tertiary alicyclic amines) is 1. The average Bonchev–Trinajstić information content (AvgIpc) is 2.82. The molecule has 0 radical (unpaired) electrons. The maximum Gasteiger partial charge on any atom is 0.256 e. The van der Waals surface area contributed by atoms with E-state index in [-0.39, 0.29) is 5.91 Å². The van der Waals surface area contributed by atoms with Gasteiger partial charge in [0.2, 0.25) is 0 Å². The van der Waals surface area contributed by atoms with Crippen molar-refractivity contribution in [3.8, 4) is 0 Å². The number of nitrogens with zero attached hydrogens (tertiary/aromatic N) is 1. The Kier molecular flexibility index (Phi) is 7.12. The van der Waals surface area contributed by atoms with E-state index in [1.807, 2.05) is 11.9 Å². The Balaban J connectivity index is 1.35. The monoisotopic (exact) mass is 451 g/mol. The third-order valence-corrected chi connectivity index (χ3v) is 6.94. The molecule has 7 heteroatoms. The fourth-order valence-electron chi connectivity index (χ4n) is 4.76. The van der Waals surface area contributed by atoms with Crippen molar-refractivity contribution in [2.45, 2.75) is 56.3 Å². The standard InChI is InChI=1S/C26H33N3O4/c1-27-17-18-5-2-6-20(15-18)19-9-13-29(14-10-19)25(32)21-7-3-8-22(16-21)28-24(31)23(30)26(33)11-4-12-26/h2-3,5-8,15-16,19,23,27,30,33H,4,9-14,17H2,1H3,(H,28,31). The number of aliphatic hydroxyl groups excluding tert-OH is 1. The van der Waals surface area contributed by atoms with Gasteiger partial charge in [0, 0.05) is 30.9 Å². The quantitative estimate of drug-likeness (QED) is 0.518. The minimum Gasteiger partial charge on any atom is -0.387 e. The van der Waals surface area contributed by atoms with Crippen LogP contribution in [-0.4, -0.2) is 58.8 Å². The van der Waals surface area contributed by atoms with Gasteiger partial charge in [-0.3, -0.25) is 9.59 Å². The Morgan fingerprint density at radius 1 is 1.12 bits per heavy atom. The molecule has 4 N–H and O–H groups in total. The zero-order valence-electron chi connectivity index (χ0n) is 19.1. The van der Waals surface area contributed by atoms with Crippen molar-refractivity contribution in [3.63, 3.8) is 0 Å². The molecule has 1 aliphatic carbocycles. The summed E-state index contributed by atoms with van der Waals surface area (Å²) in [5.74, 6) is -0.273. The Bertz CT molecular complexity index is 997. The lowest BCUT2D eigenvalue weighted by Gasteiger charge is -2.39. The van der Waals surface area contributed by atoms with Crippen LogP contribution in [0.5, 0.6) is 0 Å². The SMILES string of the molecule is CNCc1cccc(C2CCN(C(=O)c3cccc(NC(=O)C(O)C4(O)CCC4)c3)CC2)c1. The van der Waals surface area contributed by atoms with Crippen LogP contribution in [0.25, 0.3) is 0 Å². The minimum atomic E-state index is -1.48. The number of anilines is 1. The summed E-state index contributed by atoms with van der Waals surface area (Å²) in [5.41, 5.74) is 2.19. The molecule has 2 fully saturated rings. The molecule has 7 nitrogen and oxygen atoms in total. The number of hydrogen-bond donors (Lipinski definition) is 4. The molecule has 176 valence electrons. The summed E-state index contributed by atoms with van der Waals surface area (Å²) >= 11 is 0. The number of piperidine rings is 1. The van der Waals surface area contributed by atoms with Crippen LogP contribution in [0.4, 0.5) is 5.69 Å². The Morgan fingerprint density at radius 2 is 1.85 bits per heavy atom. The van der Waals surface area contributed by atoms with E-state index in [9.17, 15) is 19.8 Å². The van der Waals surface area contributed by atoms with Crippen molar-refractivity contribution in [1.82, 2.24) is 10.2 Å². The molecular formula is C26H33N3O4. The van der Waals surface area contributed by atoms with Gasteiger partial charge >= 0.3 is 0 Å². The molecule has 2 amide bonds. The molecule has 1 heterocycles. The van der Waals surface area contributed by atoms with E-state index in [2.05, 4.69) is 34.9 Å². The summed E-state index contributed by atoms with van der Waals surface area (Å²) < 4.78 is 0. The van der Waals surface area contributed by atoms with Crippen molar-refractivity contribution in [2.24, 2.45) is 0 Å². The van der Waals surface area contributed by atoms with E-state index in [1.165, 1.54) is 11.1 Å². The van der Waals surface area contributed by atoms with Crippen molar-refractivity contribution in [3.05, 3.63) is 65.2 Å². The minimum absolute atomic E-state index is 0.0633. The van der Waals surface area contributed by atoms with Crippen molar-refractivity contribution in [1.29, 1.82) is 0 Å². The zero-order chi connectivity index (χ0) is 23.4. The van der Waals surface area contributed by atoms with Gasteiger partial charge in [-0.2, -0.15) is 0 Å². The summed E-state index contributed by atoms with van der Waals surface area (Å²) in [6.45, 7) is 2.21. The summed E-state index contributed by atoms with van der Waals surface area (Å²) in [6, 6.07) is 15.4. The highest BCUT2D eigenvalue weighted by Crippen LogP contribution is 2.35. The second kappa shape index (κ2) is 10.0. The van der Waals surface area contributed by atoms with Crippen LogP contribution in [0.15, 0.2) is 48.5 Å². The molecule has 0 bridgehead atoms. The van der Waals surface area contributed by atoms with E-state index in [4.69, 9.17) is 0 Å². The van der Waals surface area contributed by atoms with Crippen LogP contribution in [-0.2, 0) is 11.3 Å². The van der Waals surface area contributed by atoms with Gasteiger partial charge in [0.1, 0.15) is 0 Å². The predicted molar refractivity (Wildman–Crippen MR) is 127 cm³/mol. The Morgan fingerprint density at radius 3 is 2.52 bits per heavy atom. The van der Waals surface area contributed by atoms with Crippen LogP contribution >= 0.6 is 0 Å². The molecule has 33 heavy (non-hydrogen) atoms. The number of amides is 2. The molecule has 2 aliphatic rings. The van der Waals surface area contributed by atoms with E-state index >= 15 is 0 Å². The average molecular weight is 452 g/mol. The number of aliphatic hydroxyl groups is 2. The van der Waals surface area contributed by atoms with Crippen molar-refractivity contribution >= 4 is 17.5 Å². The molecule has 2 aromatic rings. The van der Waals surface area contributed by atoms with Crippen LogP contribution in [0, 0.1) is 0 Å². The van der Waals surface area contributed by atoms with Gasteiger partial charge in [-0.1, -0.05) is 30.3 Å². The lowest BCUT2D eigenvalue weighted by atomic mass is 9.76. The van der Waals surface area contributed by atoms with E-state index < -0.39 is 17.6 Å². The fraction of sp³-hybridized carbons (Fsp3) is 0.462. The Hall–Kier alpha value is -2.74. The number of carbonyl (C=O) groups excluding carboxylic acids is 2. The predicted octanol–water partition coefficient (Wildman–Crippen LogP) is 2.64.